The van der Waals surface area contributed by atoms with Gasteiger partial charge in [-0.05, 0) is 31.2 Å². The quantitative estimate of drug-likeness (QED) is 0.841. The summed E-state index contributed by atoms with van der Waals surface area (Å²) in [6, 6.07) is 9.27. The van der Waals surface area contributed by atoms with E-state index in [1.54, 1.807) is 4.31 Å². The van der Waals surface area contributed by atoms with Crippen LogP contribution in [0.2, 0.25) is 0 Å². The molecule has 1 aromatic heterocycles. The molecule has 2 fully saturated rings. The van der Waals surface area contributed by atoms with Gasteiger partial charge in [0.25, 0.3) is 0 Å². The number of rotatable bonds is 5. The minimum Gasteiger partial charge on any atom is -0.339 e. The first-order valence-corrected chi connectivity index (χ1v) is 11.2. The Balaban J connectivity index is 1.47. The van der Waals surface area contributed by atoms with Crippen LogP contribution >= 0.6 is 0 Å². The molecule has 1 saturated heterocycles. The van der Waals surface area contributed by atoms with Crippen molar-refractivity contribution in [1.29, 1.82) is 0 Å². The van der Waals surface area contributed by atoms with E-state index in [1.807, 2.05) is 30.3 Å². The van der Waals surface area contributed by atoms with Crippen molar-refractivity contribution in [3.8, 4) is 0 Å². The zero-order chi connectivity index (χ0) is 18.9. The Morgan fingerprint density at radius 1 is 1.19 bits per heavy atom. The number of hydrogen-bond donors (Lipinski definition) is 1. The van der Waals surface area contributed by atoms with Gasteiger partial charge in [0.1, 0.15) is 0 Å². The van der Waals surface area contributed by atoms with Gasteiger partial charge in [-0.3, -0.25) is 0 Å². The van der Waals surface area contributed by atoms with Gasteiger partial charge in [0.15, 0.2) is 5.82 Å². The number of nitrogens with zero attached hydrogens (tertiary/aromatic N) is 3. The highest BCUT2D eigenvalue weighted by atomic mass is 32.2. The third-order valence-electron chi connectivity index (χ3n) is 5.70. The van der Waals surface area contributed by atoms with Crippen molar-refractivity contribution in [1.82, 2.24) is 14.4 Å². The molecule has 2 N–H and O–H groups in total. The molecule has 1 aliphatic heterocycles. The summed E-state index contributed by atoms with van der Waals surface area (Å²) in [7, 11) is -3.38. The third kappa shape index (κ3) is 3.93. The van der Waals surface area contributed by atoms with Crippen LogP contribution < -0.4 is 5.73 Å². The second-order valence-electron chi connectivity index (χ2n) is 7.76. The first kappa shape index (κ1) is 18.6. The Hall–Kier alpha value is -1.77. The van der Waals surface area contributed by atoms with Crippen molar-refractivity contribution >= 4 is 10.0 Å². The summed E-state index contributed by atoms with van der Waals surface area (Å²) < 4.78 is 32.7. The smallest absolute Gasteiger partial charge is 0.231 e. The lowest BCUT2D eigenvalue weighted by molar-refractivity contribution is 0.263. The topological polar surface area (TPSA) is 102 Å². The van der Waals surface area contributed by atoms with Gasteiger partial charge in [0.2, 0.25) is 15.9 Å². The molecule has 4 rings (SSSR count). The Morgan fingerprint density at radius 2 is 1.93 bits per heavy atom. The summed E-state index contributed by atoms with van der Waals surface area (Å²) in [5.74, 6) is 1.03. The van der Waals surface area contributed by atoms with Gasteiger partial charge < -0.3 is 10.3 Å². The van der Waals surface area contributed by atoms with E-state index in [0.717, 1.165) is 44.1 Å². The summed E-state index contributed by atoms with van der Waals surface area (Å²) in [6.45, 7) is 0.919. The highest BCUT2D eigenvalue weighted by Gasteiger charge is 2.38. The zero-order valence-electron chi connectivity index (χ0n) is 15.4. The average Bonchev–Trinajstić information content (AvgIpc) is 3.33. The average molecular weight is 391 g/mol. The molecule has 146 valence electrons. The van der Waals surface area contributed by atoms with Crippen LogP contribution in [0.15, 0.2) is 34.9 Å². The number of nitrogens with two attached hydrogens (primary N) is 1. The van der Waals surface area contributed by atoms with Crippen LogP contribution in [0.4, 0.5) is 0 Å². The van der Waals surface area contributed by atoms with Gasteiger partial charge in [-0.25, -0.2) is 12.7 Å². The van der Waals surface area contributed by atoms with Crippen LogP contribution in [0.1, 0.15) is 61.7 Å². The van der Waals surface area contributed by atoms with E-state index >= 15 is 0 Å². The predicted octanol–water partition coefficient (Wildman–Crippen LogP) is 2.51. The molecule has 1 atom stereocenters. The number of sulfonamides is 1. The first-order chi connectivity index (χ1) is 13.0. The van der Waals surface area contributed by atoms with Crippen LogP contribution in [0.5, 0.6) is 0 Å². The maximum absolute atomic E-state index is 12.8. The summed E-state index contributed by atoms with van der Waals surface area (Å²) in [4.78, 5) is 4.56. The molecule has 0 bridgehead atoms. The highest BCUT2D eigenvalue weighted by molar-refractivity contribution is 7.88. The lowest BCUT2D eigenvalue weighted by Crippen LogP contribution is -2.40. The van der Waals surface area contributed by atoms with E-state index in [1.165, 1.54) is 0 Å². The molecule has 7 nitrogen and oxygen atoms in total. The Kier molecular flexibility index (Phi) is 5.05. The minimum absolute atomic E-state index is 0.0154. The van der Waals surface area contributed by atoms with Gasteiger partial charge in [-0.1, -0.05) is 48.3 Å². The maximum atomic E-state index is 12.8. The largest absolute Gasteiger partial charge is 0.339 e. The van der Waals surface area contributed by atoms with E-state index in [0.29, 0.717) is 24.8 Å². The zero-order valence-corrected chi connectivity index (χ0v) is 16.2. The van der Waals surface area contributed by atoms with Crippen molar-refractivity contribution in [2.75, 3.05) is 13.1 Å². The van der Waals surface area contributed by atoms with E-state index in [2.05, 4.69) is 10.1 Å². The molecule has 2 aliphatic rings. The highest BCUT2D eigenvalue weighted by Crippen LogP contribution is 2.36. The molecule has 2 aromatic rings. The molecular weight excluding hydrogens is 364 g/mol. The second-order valence-corrected chi connectivity index (χ2v) is 9.73. The standard InChI is InChI=1S/C19H26N4O3S/c20-19(10-4-5-11-19)18-21-17(26-22-18)16-9-6-12-23(13-16)27(24,25)14-15-7-2-1-3-8-15/h1-3,7-8,16H,4-6,9-14,20H2. The summed E-state index contributed by atoms with van der Waals surface area (Å²) in [5.41, 5.74) is 6.72. The fraction of sp³-hybridized carbons (Fsp3) is 0.579. The van der Waals surface area contributed by atoms with Crippen LogP contribution in [0.25, 0.3) is 0 Å². The molecule has 0 radical (unpaired) electrons. The van der Waals surface area contributed by atoms with Crippen molar-refractivity contribution in [2.24, 2.45) is 5.73 Å². The number of piperidine rings is 1. The minimum atomic E-state index is -3.38. The lowest BCUT2D eigenvalue weighted by Gasteiger charge is -2.30. The van der Waals surface area contributed by atoms with Crippen molar-refractivity contribution < 1.29 is 12.9 Å². The number of benzene rings is 1. The Bertz CT molecular complexity index is 875. The predicted molar refractivity (Wildman–Crippen MR) is 101 cm³/mol. The SMILES string of the molecule is NC1(c2noc(C3CCCN(S(=O)(=O)Cc4ccccc4)C3)n2)CCCC1. The monoisotopic (exact) mass is 390 g/mol. The van der Waals surface area contributed by atoms with Gasteiger partial charge in [-0.15, -0.1) is 0 Å². The normalized spacial score (nSPS) is 23.5. The molecule has 8 heteroatoms. The fourth-order valence-corrected chi connectivity index (χ4v) is 5.72. The van der Waals surface area contributed by atoms with Gasteiger partial charge in [-0.2, -0.15) is 4.98 Å². The van der Waals surface area contributed by atoms with E-state index in [9.17, 15) is 8.42 Å². The van der Waals surface area contributed by atoms with E-state index in [4.69, 9.17) is 10.3 Å². The van der Waals surface area contributed by atoms with Crippen LogP contribution in [0, 0.1) is 0 Å². The Labute approximate surface area is 160 Å². The molecule has 1 saturated carbocycles. The number of hydrogen-bond acceptors (Lipinski definition) is 6. The van der Waals surface area contributed by atoms with E-state index in [-0.39, 0.29) is 11.7 Å². The van der Waals surface area contributed by atoms with Gasteiger partial charge in [0, 0.05) is 13.1 Å². The van der Waals surface area contributed by atoms with Crippen LogP contribution in [0.3, 0.4) is 0 Å². The first-order valence-electron chi connectivity index (χ1n) is 9.61. The molecule has 27 heavy (non-hydrogen) atoms. The molecule has 2 heterocycles. The van der Waals surface area contributed by atoms with Crippen LogP contribution in [-0.2, 0) is 21.3 Å². The Morgan fingerprint density at radius 3 is 2.67 bits per heavy atom. The second kappa shape index (κ2) is 7.33. The molecule has 1 aromatic carbocycles. The van der Waals surface area contributed by atoms with Gasteiger partial charge in [0.05, 0.1) is 17.2 Å². The third-order valence-corrected chi connectivity index (χ3v) is 7.52. The summed E-state index contributed by atoms with van der Waals surface area (Å²) in [6.07, 6.45) is 5.52. The van der Waals surface area contributed by atoms with Crippen LogP contribution in [-0.4, -0.2) is 36.0 Å². The van der Waals surface area contributed by atoms with E-state index < -0.39 is 15.6 Å². The fourth-order valence-electron chi connectivity index (χ4n) is 4.11. The van der Waals surface area contributed by atoms with Crippen molar-refractivity contribution in [3.05, 3.63) is 47.6 Å². The molecule has 0 spiro atoms. The summed E-state index contributed by atoms with van der Waals surface area (Å²) >= 11 is 0. The number of aromatic nitrogens is 2. The molecular formula is C19H26N4O3S. The van der Waals surface area contributed by atoms with Crippen molar-refractivity contribution in [3.63, 3.8) is 0 Å². The summed E-state index contributed by atoms with van der Waals surface area (Å²) in [5, 5.41) is 4.12. The molecule has 1 unspecified atom stereocenters. The molecule has 0 amide bonds. The lowest BCUT2D eigenvalue weighted by atomic mass is 9.97. The maximum Gasteiger partial charge on any atom is 0.231 e. The molecule has 1 aliphatic carbocycles. The van der Waals surface area contributed by atoms with Crippen molar-refractivity contribution in [2.45, 2.75) is 55.7 Å². The van der Waals surface area contributed by atoms with Gasteiger partial charge >= 0.3 is 0 Å².